The van der Waals surface area contributed by atoms with Crippen molar-refractivity contribution in [2.75, 3.05) is 4.90 Å². The number of hydrogen-bond donors (Lipinski definition) is 0. The highest BCUT2D eigenvalue weighted by Crippen LogP contribution is 2.42. The molecule has 0 unspecified atom stereocenters. The summed E-state index contributed by atoms with van der Waals surface area (Å²) in [7, 11) is 0. The molecule has 0 aliphatic carbocycles. The zero-order chi connectivity index (χ0) is 37.7. The average Bonchev–Trinajstić information content (AvgIpc) is 3.83. The maximum atomic E-state index is 2.44. The number of para-hydroxylation sites is 1. The van der Waals surface area contributed by atoms with Gasteiger partial charge in [0.1, 0.15) is 0 Å². The second-order valence-electron chi connectivity index (χ2n) is 14.6. The van der Waals surface area contributed by atoms with Crippen molar-refractivity contribution in [2.45, 2.75) is 0 Å². The van der Waals surface area contributed by atoms with Gasteiger partial charge in [0, 0.05) is 53.7 Å². The predicted molar refractivity (Wildman–Crippen MR) is 245 cm³/mol. The molecule has 57 heavy (non-hydrogen) atoms. The van der Waals surface area contributed by atoms with E-state index in [1.165, 1.54) is 75.4 Å². The minimum atomic E-state index is 1.10. The Kier molecular flexibility index (Phi) is 8.04. The van der Waals surface area contributed by atoms with Gasteiger partial charge in [-0.1, -0.05) is 152 Å². The fourth-order valence-electron chi connectivity index (χ4n) is 8.40. The van der Waals surface area contributed by atoms with Crippen molar-refractivity contribution in [1.29, 1.82) is 0 Å². The third-order valence-electron chi connectivity index (χ3n) is 11.2. The highest BCUT2D eigenvalue weighted by Gasteiger charge is 2.19. The molecule has 0 fully saturated rings. The average molecular weight is 745 g/mol. The van der Waals surface area contributed by atoms with Crippen molar-refractivity contribution in [3.63, 3.8) is 0 Å². The SMILES string of the molecule is c1ccc(-c2ccc(-c3ccc(N(c4ccc(-c5ccccc5)cc4)c4ccc5c6ccccc6n(-c6ccc7sc8ccccc8c7c6)c5c4)cc3)cc2)cc1. The van der Waals surface area contributed by atoms with Gasteiger partial charge in [-0.2, -0.15) is 0 Å². The van der Waals surface area contributed by atoms with Crippen LogP contribution in [0.4, 0.5) is 17.1 Å². The first-order valence-corrected chi connectivity index (χ1v) is 20.2. The summed E-state index contributed by atoms with van der Waals surface area (Å²) >= 11 is 1.86. The molecule has 0 N–H and O–H groups in total. The molecule has 0 aliphatic heterocycles. The molecule has 268 valence electrons. The van der Waals surface area contributed by atoms with Crippen molar-refractivity contribution in [3.8, 4) is 39.1 Å². The van der Waals surface area contributed by atoms with Gasteiger partial charge in [-0.05, 0) is 100 Å². The van der Waals surface area contributed by atoms with E-state index >= 15 is 0 Å². The highest BCUT2D eigenvalue weighted by molar-refractivity contribution is 7.25. The molecule has 9 aromatic carbocycles. The van der Waals surface area contributed by atoms with Crippen LogP contribution in [0.2, 0.25) is 0 Å². The van der Waals surface area contributed by atoms with E-state index in [0.717, 1.165) is 22.7 Å². The number of rotatable bonds is 7. The number of aromatic nitrogens is 1. The van der Waals surface area contributed by atoms with Crippen LogP contribution in [0.1, 0.15) is 0 Å². The lowest BCUT2D eigenvalue weighted by atomic mass is 10.00. The Morgan fingerprint density at radius 1 is 0.298 bits per heavy atom. The Labute approximate surface area is 335 Å². The lowest BCUT2D eigenvalue weighted by Gasteiger charge is -2.26. The molecule has 0 bridgehead atoms. The van der Waals surface area contributed by atoms with Gasteiger partial charge in [-0.25, -0.2) is 0 Å². The number of benzene rings is 9. The zero-order valence-corrected chi connectivity index (χ0v) is 31.9. The molecule has 2 nitrogen and oxygen atoms in total. The minimum absolute atomic E-state index is 1.10. The fourth-order valence-corrected chi connectivity index (χ4v) is 9.49. The van der Waals surface area contributed by atoms with Crippen LogP contribution < -0.4 is 4.90 Å². The number of anilines is 3. The van der Waals surface area contributed by atoms with Crippen LogP contribution in [-0.2, 0) is 0 Å². The van der Waals surface area contributed by atoms with Crippen molar-refractivity contribution in [1.82, 2.24) is 4.57 Å². The second-order valence-corrected chi connectivity index (χ2v) is 15.7. The summed E-state index contributed by atoms with van der Waals surface area (Å²) in [4.78, 5) is 2.38. The first-order valence-electron chi connectivity index (χ1n) is 19.4. The minimum Gasteiger partial charge on any atom is -0.310 e. The summed E-state index contributed by atoms with van der Waals surface area (Å²) in [6.07, 6.45) is 0. The lowest BCUT2D eigenvalue weighted by Crippen LogP contribution is -2.10. The van der Waals surface area contributed by atoms with Gasteiger partial charge in [-0.15, -0.1) is 11.3 Å². The van der Waals surface area contributed by atoms with Gasteiger partial charge >= 0.3 is 0 Å². The Morgan fingerprint density at radius 2 is 0.754 bits per heavy atom. The molecule has 0 radical (unpaired) electrons. The van der Waals surface area contributed by atoms with Gasteiger partial charge in [-0.3, -0.25) is 0 Å². The lowest BCUT2D eigenvalue weighted by molar-refractivity contribution is 1.18. The molecule has 0 aliphatic rings. The first-order chi connectivity index (χ1) is 28.2. The molecule has 11 rings (SSSR count). The van der Waals surface area contributed by atoms with Crippen molar-refractivity contribution < 1.29 is 0 Å². The standard InChI is InChI=1S/C54H36N2S/c1-3-11-37(12-4-1)39-19-21-40(22-20-39)42-25-29-44(30-26-42)55(43-27-23-41(24-28-43)38-13-5-2-6-14-38)46-31-33-48-47-15-7-9-17-51(47)56(52(48)36-46)45-32-34-54-50(35-45)49-16-8-10-18-53(49)57-54/h1-36H. The number of fused-ring (bicyclic) bond motifs is 6. The van der Waals surface area contributed by atoms with Crippen LogP contribution >= 0.6 is 11.3 Å². The van der Waals surface area contributed by atoms with E-state index in [4.69, 9.17) is 0 Å². The maximum Gasteiger partial charge on any atom is 0.0561 e. The second kappa shape index (κ2) is 13.8. The molecule has 2 aromatic heterocycles. The van der Waals surface area contributed by atoms with Crippen LogP contribution in [0.5, 0.6) is 0 Å². The van der Waals surface area contributed by atoms with E-state index in [-0.39, 0.29) is 0 Å². The molecular formula is C54H36N2S. The van der Waals surface area contributed by atoms with Gasteiger partial charge in [0.25, 0.3) is 0 Å². The van der Waals surface area contributed by atoms with E-state index in [9.17, 15) is 0 Å². The maximum absolute atomic E-state index is 2.44. The Morgan fingerprint density at radius 3 is 1.37 bits per heavy atom. The summed E-state index contributed by atoms with van der Waals surface area (Å²) in [6, 6.07) is 79.4. The Hall–Kier alpha value is -7.20. The Bertz CT molecular complexity index is 3200. The van der Waals surface area contributed by atoms with Gasteiger partial charge < -0.3 is 9.47 Å². The smallest absolute Gasteiger partial charge is 0.0561 e. The summed E-state index contributed by atoms with van der Waals surface area (Å²) < 4.78 is 5.07. The molecule has 11 aromatic rings. The normalized spacial score (nSPS) is 11.5. The zero-order valence-electron chi connectivity index (χ0n) is 31.1. The summed E-state index contributed by atoms with van der Waals surface area (Å²) in [5.74, 6) is 0. The van der Waals surface area contributed by atoms with Crippen molar-refractivity contribution in [3.05, 3.63) is 218 Å². The van der Waals surface area contributed by atoms with Crippen molar-refractivity contribution >= 4 is 70.4 Å². The quantitative estimate of drug-likeness (QED) is 0.158. The molecule has 0 amide bonds. The van der Waals surface area contributed by atoms with Crippen molar-refractivity contribution in [2.24, 2.45) is 0 Å². The molecule has 0 saturated heterocycles. The number of nitrogens with zero attached hydrogens (tertiary/aromatic N) is 2. The van der Waals surface area contributed by atoms with Crippen LogP contribution in [-0.4, -0.2) is 4.57 Å². The van der Waals surface area contributed by atoms with Crippen LogP contribution in [0, 0.1) is 0 Å². The van der Waals surface area contributed by atoms with Crippen LogP contribution in [0.25, 0.3) is 81.0 Å². The topological polar surface area (TPSA) is 8.17 Å². The van der Waals surface area contributed by atoms with E-state index in [0.29, 0.717) is 0 Å². The van der Waals surface area contributed by atoms with Gasteiger partial charge in [0.2, 0.25) is 0 Å². The summed E-state index contributed by atoms with van der Waals surface area (Å²) in [5, 5.41) is 5.08. The summed E-state index contributed by atoms with van der Waals surface area (Å²) in [5.41, 5.74) is 14.1. The van der Waals surface area contributed by atoms with E-state index in [2.05, 4.69) is 228 Å². The molecule has 0 atom stereocenters. The molecular weight excluding hydrogens is 709 g/mol. The van der Waals surface area contributed by atoms with Gasteiger partial charge in [0.15, 0.2) is 0 Å². The van der Waals surface area contributed by atoms with Gasteiger partial charge in [0.05, 0.1) is 11.0 Å². The van der Waals surface area contributed by atoms with E-state index in [1.54, 1.807) is 0 Å². The fraction of sp³-hybridized carbons (Fsp3) is 0. The van der Waals surface area contributed by atoms with Crippen LogP contribution in [0.15, 0.2) is 218 Å². The molecule has 3 heteroatoms. The van der Waals surface area contributed by atoms with Crippen LogP contribution in [0.3, 0.4) is 0 Å². The molecule has 2 heterocycles. The highest BCUT2D eigenvalue weighted by atomic mass is 32.1. The molecule has 0 saturated carbocycles. The largest absolute Gasteiger partial charge is 0.310 e. The molecule has 0 spiro atoms. The Balaban J connectivity index is 1.05. The van der Waals surface area contributed by atoms with E-state index < -0.39 is 0 Å². The third-order valence-corrected chi connectivity index (χ3v) is 12.4. The van der Waals surface area contributed by atoms with E-state index in [1.807, 2.05) is 11.3 Å². The monoisotopic (exact) mass is 744 g/mol. The number of hydrogen-bond acceptors (Lipinski definition) is 2. The number of thiophene rings is 1. The third kappa shape index (κ3) is 5.88. The predicted octanol–water partition coefficient (Wildman–Crippen LogP) is 15.6. The first kappa shape index (κ1) is 33.2. The summed E-state index contributed by atoms with van der Waals surface area (Å²) in [6.45, 7) is 0.